The Morgan fingerprint density at radius 1 is 1.03 bits per heavy atom. The van der Waals surface area contributed by atoms with E-state index >= 15 is 0 Å². The number of fused-ring (bicyclic) bond motifs is 3. The summed E-state index contributed by atoms with van der Waals surface area (Å²) >= 11 is 0. The van der Waals surface area contributed by atoms with Crippen LogP contribution in [0.3, 0.4) is 0 Å². The van der Waals surface area contributed by atoms with Gasteiger partial charge >= 0.3 is 11.9 Å². The summed E-state index contributed by atoms with van der Waals surface area (Å²) in [5.41, 5.74) is -1.42. The molecular formula is C30H32O8. The van der Waals surface area contributed by atoms with E-state index in [1.807, 2.05) is 52.0 Å². The molecule has 3 aromatic rings. The second-order valence-electron chi connectivity index (χ2n) is 10.7. The zero-order chi connectivity index (χ0) is 27.3. The summed E-state index contributed by atoms with van der Waals surface area (Å²) in [5, 5.41) is 0.362. The summed E-state index contributed by atoms with van der Waals surface area (Å²) in [4.78, 5) is 39.0. The number of carbonyl (C=O) groups excluding carboxylic acids is 2. The molecule has 0 spiro atoms. The van der Waals surface area contributed by atoms with Crippen molar-refractivity contribution in [1.82, 2.24) is 0 Å². The highest BCUT2D eigenvalue weighted by molar-refractivity contribution is 5.93. The van der Waals surface area contributed by atoms with Gasteiger partial charge in [0.25, 0.3) is 0 Å². The van der Waals surface area contributed by atoms with Gasteiger partial charge in [-0.2, -0.15) is 0 Å². The number of methoxy groups -OCH3 is 1. The van der Waals surface area contributed by atoms with Crippen molar-refractivity contribution < 1.29 is 33.0 Å². The van der Waals surface area contributed by atoms with Crippen LogP contribution in [0.25, 0.3) is 11.0 Å². The van der Waals surface area contributed by atoms with Crippen molar-refractivity contribution in [2.24, 2.45) is 10.8 Å². The average molecular weight is 521 g/mol. The number of aryl methyl sites for hydroxylation is 1. The molecule has 2 aromatic carbocycles. The fourth-order valence-corrected chi connectivity index (χ4v) is 5.63. The number of carbonyl (C=O) groups is 2. The number of benzene rings is 2. The summed E-state index contributed by atoms with van der Waals surface area (Å²) in [6.07, 6.45) is 1.46. The third kappa shape index (κ3) is 3.77. The fraction of sp³-hybridized carbons (Fsp3) is 0.433. The van der Waals surface area contributed by atoms with Crippen LogP contribution in [-0.4, -0.2) is 24.6 Å². The Morgan fingerprint density at radius 2 is 1.82 bits per heavy atom. The van der Waals surface area contributed by atoms with Gasteiger partial charge in [0, 0.05) is 17.9 Å². The molecule has 0 unspecified atom stereocenters. The van der Waals surface area contributed by atoms with Crippen LogP contribution in [0.5, 0.6) is 11.5 Å². The lowest BCUT2D eigenvalue weighted by atomic mass is 9.66. The molecule has 200 valence electrons. The standard InChI is InChI=1S/C30H32O8/c1-6-19-15-23(31)21-10-11-24(35-16-18-8-7-9-20(14-18)34-5)22(25(21)37-19)17-36-27(33)30-13-12-29(4,26(32)38-30)28(30,2)3/h7-11,14-15H,6,12-13,16-17H2,1-5H3/t29-,30+/m1/s1. The summed E-state index contributed by atoms with van der Waals surface area (Å²) < 4.78 is 29.0. The zero-order valence-electron chi connectivity index (χ0n) is 22.3. The van der Waals surface area contributed by atoms with Crippen molar-refractivity contribution in [3.05, 3.63) is 69.6 Å². The molecule has 2 bridgehead atoms. The molecule has 2 fully saturated rings. The van der Waals surface area contributed by atoms with E-state index in [4.69, 9.17) is 23.4 Å². The maximum atomic E-state index is 13.5. The minimum Gasteiger partial charge on any atom is -0.497 e. The lowest BCUT2D eigenvalue weighted by Crippen LogP contribution is -2.48. The Morgan fingerprint density at radius 3 is 2.47 bits per heavy atom. The molecule has 38 heavy (non-hydrogen) atoms. The van der Waals surface area contributed by atoms with Gasteiger partial charge in [-0.25, -0.2) is 4.79 Å². The molecule has 1 saturated heterocycles. The number of hydrogen-bond acceptors (Lipinski definition) is 8. The van der Waals surface area contributed by atoms with Crippen LogP contribution >= 0.6 is 0 Å². The summed E-state index contributed by atoms with van der Waals surface area (Å²) in [6, 6.07) is 12.3. The van der Waals surface area contributed by atoms with E-state index in [0.717, 1.165) is 5.56 Å². The molecule has 5 rings (SSSR count). The first-order valence-corrected chi connectivity index (χ1v) is 12.8. The third-order valence-electron chi connectivity index (χ3n) is 8.65. The molecule has 1 aliphatic carbocycles. The Labute approximate surface area is 220 Å². The van der Waals surface area contributed by atoms with E-state index in [9.17, 15) is 14.4 Å². The zero-order valence-corrected chi connectivity index (χ0v) is 22.3. The van der Waals surface area contributed by atoms with Crippen molar-refractivity contribution in [2.45, 2.75) is 65.8 Å². The lowest BCUT2D eigenvalue weighted by molar-refractivity contribution is -0.184. The third-order valence-corrected chi connectivity index (χ3v) is 8.65. The molecule has 1 aliphatic heterocycles. The van der Waals surface area contributed by atoms with Gasteiger partial charge in [-0.05, 0) is 49.6 Å². The van der Waals surface area contributed by atoms with E-state index in [1.165, 1.54) is 6.07 Å². The minimum absolute atomic E-state index is 0.189. The maximum absolute atomic E-state index is 13.5. The van der Waals surface area contributed by atoms with Crippen LogP contribution in [0.15, 0.2) is 51.7 Å². The van der Waals surface area contributed by atoms with E-state index in [2.05, 4.69) is 0 Å². The summed E-state index contributed by atoms with van der Waals surface area (Å²) in [5.74, 6) is 0.643. The van der Waals surface area contributed by atoms with Crippen LogP contribution in [0.1, 0.15) is 57.4 Å². The molecule has 0 N–H and O–H groups in total. The molecule has 1 saturated carbocycles. The van der Waals surface area contributed by atoms with Gasteiger partial charge in [-0.1, -0.05) is 32.9 Å². The van der Waals surface area contributed by atoms with Crippen molar-refractivity contribution in [1.29, 1.82) is 0 Å². The minimum atomic E-state index is -1.36. The van der Waals surface area contributed by atoms with Gasteiger partial charge in [-0.3, -0.25) is 9.59 Å². The predicted octanol–water partition coefficient (Wildman–Crippen LogP) is 5.11. The molecule has 8 nitrogen and oxygen atoms in total. The van der Waals surface area contributed by atoms with Gasteiger partial charge in [-0.15, -0.1) is 0 Å². The van der Waals surface area contributed by atoms with Gasteiger partial charge < -0.3 is 23.4 Å². The molecule has 2 aliphatic rings. The molecule has 0 radical (unpaired) electrons. The average Bonchev–Trinajstić information content (AvgIpc) is 3.21. The fourth-order valence-electron chi connectivity index (χ4n) is 5.63. The van der Waals surface area contributed by atoms with E-state index in [-0.39, 0.29) is 24.6 Å². The highest BCUT2D eigenvalue weighted by atomic mass is 16.6. The molecule has 8 heteroatoms. The Kier molecular flexibility index (Phi) is 6.24. The van der Waals surface area contributed by atoms with Gasteiger partial charge in [0.1, 0.15) is 36.1 Å². The highest BCUT2D eigenvalue weighted by Gasteiger charge is 2.76. The molecular weight excluding hydrogens is 488 g/mol. The van der Waals surface area contributed by atoms with Crippen LogP contribution in [0.4, 0.5) is 0 Å². The Balaban J connectivity index is 1.49. The number of rotatable bonds is 8. The van der Waals surface area contributed by atoms with Crippen LogP contribution < -0.4 is 14.9 Å². The SMILES string of the molecule is CCc1cc(=O)c2ccc(OCc3cccc(OC)c3)c(COC(=O)[C@]34CC[C@](C)(C(=O)O3)C4(C)C)c2o1. The summed E-state index contributed by atoms with van der Waals surface area (Å²) in [6.45, 7) is 7.48. The molecule has 2 heterocycles. The van der Waals surface area contributed by atoms with E-state index in [0.29, 0.717) is 53.1 Å². The Hall–Kier alpha value is -3.81. The first kappa shape index (κ1) is 25.8. The molecule has 0 amide bonds. The van der Waals surface area contributed by atoms with Gasteiger partial charge in [0.05, 0.1) is 23.5 Å². The first-order valence-electron chi connectivity index (χ1n) is 12.8. The monoisotopic (exact) mass is 520 g/mol. The van der Waals surface area contributed by atoms with Crippen molar-refractivity contribution >= 4 is 22.9 Å². The van der Waals surface area contributed by atoms with Gasteiger partial charge in [0.2, 0.25) is 5.60 Å². The second kappa shape index (κ2) is 9.19. The van der Waals surface area contributed by atoms with Crippen molar-refractivity contribution in [3.8, 4) is 11.5 Å². The van der Waals surface area contributed by atoms with Crippen LogP contribution in [-0.2, 0) is 38.7 Å². The second-order valence-corrected chi connectivity index (χ2v) is 10.7. The number of esters is 2. The number of hydrogen-bond donors (Lipinski definition) is 0. The topological polar surface area (TPSA) is 101 Å². The van der Waals surface area contributed by atoms with Crippen LogP contribution in [0.2, 0.25) is 0 Å². The van der Waals surface area contributed by atoms with Crippen molar-refractivity contribution in [3.63, 3.8) is 0 Å². The lowest BCUT2D eigenvalue weighted by Gasteiger charge is -2.34. The Bertz CT molecular complexity index is 1490. The summed E-state index contributed by atoms with van der Waals surface area (Å²) in [7, 11) is 1.60. The molecule has 2 atom stereocenters. The van der Waals surface area contributed by atoms with E-state index < -0.39 is 22.4 Å². The van der Waals surface area contributed by atoms with Crippen molar-refractivity contribution in [2.75, 3.05) is 7.11 Å². The largest absolute Gasteiger partial charge is 0.497 e. The van der Waals surface area contributed by atoms with Gasteiger partial charge in [0.15, 0.2) is 5.43 Å². The van der Waals surface area contributed by atoms with Crippen LogP contribution in [0, 0.1) is 10.8 Å². The number of ether oxygens (including phenoxy) is 4. The highest BCUT2D eigenvalue weighted by Crippen LogP contribution is 2.65. The van der Waals surface area contributed by atoms with E-state index in [1.54, 1.807) is 19.2 Å². The first-order chi connectivity index (χ1) is 18.1. The molecule has 1 aromatic heterocycles. The smallest absolute Gasteiger partial charge is 0.351 e. The predicted molar refractivity (Wildman–Crippen MR) is 139 cm³/mol. The normalized spacial score (nSPS) is 23.3. The maximum Gasteiger partial charge on any atom is 0.351 e. The quantitative estimate of drug-likeness (QED) is 0.378.